The van der Waals surface area contributed by atoms with Gasteiger partial charge in [-0.05, 0) is 25.1 Å². The molecule has 0 unspecified atom stereocenters. The first-order valence-corrected chi connectivity index (χ1v) is 6.67. The highest BCUT2D eigenvalue weighted by molar-refractivity contribution is 9.10. The van der Waals surface area contributed by atoms with Crippen LogP contribution in [0.5, 0.6) is 0 Å². The second kappa shape index (κ2) is 6.03. The van der Waals surface area contributed by atoms with E-state index in [1.165, 1.54) is 12.1 Å². The van der Waals surface area contributed by atoms with Gasteiger partial charge in [0.15, 0.2) is 0 Å². The summed E-state index contributed by atoms with van der Waals surface area (Å²) in [5.41, 5.74) is -0.783. The van der Waals surface area contributed by atoms with Crippen molar-refractivity contribution in [3.63, 3.8) is 0 Å². The number of nitrogens with one attached hydrogen (secondary N) is 1. The monoisotopic (exact) mass is 341 g/mol. The second-order valence-electron chi connectivity index (χ2n) is 3.91. The van der Waals surface area contributed by atoms with Crippen molar-refractivity contribution in [1.82, 2.24) is 5.32 Å². The molecule has 0 spiro atoms. The number of amides is 1. The Morgan fingerprint density at radius 3 is 2.53 bits per heavy atom. The molecule has 0 aliphatic heterocycles. The zero-order chi connectivity index (χ0) is 13.1. The first kappa shape index (κ1) is 14.7. The Bertz CT molecular complexity index is 424. The van der Waals surface area contributed by atoms with Gasteiger partial charge in [0.05, 0.1) is 11.1 Å². The van der Waals surface area contributed by atoms with Crippen LogP contribution in [0.1, 0.15) is 17.3 Å². The number of alkyl halides is 2. The Hall–Kier alpha value is -0.320. The Balaban J connectivity index is 2.90. The molecule has 6 heteroatoms. The molecule has 1 aromatic rings. The molecule has 1 amide bonds. The van der Waals surface area contributed by atoms with Crippen molar-refractivity contribution in [2.24, 2.45) is 0 Å². The maximum absolute atomic E-state index is 13.5. The van der Waals surface area contributed by atoms with E-state index in [1.807, 2.05) is 0 Å². The van der Waals surface area contributed by atoms with Crippen molar-refractivity contribution in [3.8, 4) is 0 Å². The molecule has 0 radical (unpaired) electrons. The summed E-state index contributed by atoms with van der Waals surface area (Å²) >= 11 is 14.5. The van der Waals surface area contributed by atoms with E-state index in [0.29, 0.717) is 4.47 Å². The van der Waals surface area contributed by atoms with Crippen LogP contribution in [-0.2, 0) is 0 Å². The SMILES string of the molecule is CC(CCl)(CCl)NC(=O)c1ccc(Br)cc1F. The summed E-state index contributed by atoms with van der Waals surface area (Å²) in [6.07, 6.45) is 0. The van der Waals surface area contributed by atoms with Crippen LogP contribution < -0.4 is 5.32 Å². The quantitative estimate of drug-likeness (QED) is 0.833. The molecule has 0 saturated heterocycles. The third kappa shape index (κ3) is 3.83. The number of carbonyl (C=O) groups excluding carboxylic acids is 1. The molecule has 1 rings (SSSR count). The van der Waals surface area contributed by atoms with Gasteiger partial charge < -0.3 is 5.32 Å². The van der Waals surface area contributed by atoms with E-state index in [-0.39, 0.29) is 17.3 Å². The third-order valence-corrected chi connectivity index (χ3v) is 3.85. The molecule has 0 bridgehead atoms. The number of hydrogen-bond donors (Lipinski definition) is 1. The molecule has 94 valence electrons. The van der Waals surface area contributed by atoms with E-state index >= 15 is 0 Å². The van der Waals surface area contributed by atoms with E-state index in [0.717, 1.165) is 0 Å². The fourth-order valence-electron chi connectivity index (χ4n) is 1.12. The summed E-state index contributed by atoms with van der Waals surface area (Å²) in [7, 11) is 0. The average molecular weight is 343 g/mol. The zero-order valence-corrected chi connectivity index (χ0v) is 12.2. The number of benzene rings is 1. The standard InChI is InChI=1S/C11H11BrCl2FNO/c1-11(5-13,6-14)16-10(17)8-3-2-7(12)4-9(8)15/h2-4H,5-6H2,1H3,(H,16,17). The van der Waals surface area contributed by atoms with Crippen LogP contribution in [0.3, 0.4) is 0 Å². The summed E-state index contributed by atoms with van der Waals surface area (Å²) < 4.78 is 14.1. The van der Waals surface area contributed by atoms with Crippen molar-refractivity contribution in [2.45, 2.75) is 12.5 Å². The summed E-state index contributed by atoms with van der Waals surface area (Å²) in [5, 5.41) is 2.61. The lowest BCUT2D eigenvalue weighted by atomic mass is 10.1. The smallest absolute Gasteiger partial charge is 0.254 e. The Labute approximate surface area is 118 Å². The summed E-state index contributed by atoms with van der Waals surface area (Å²) in [6.45, 7) is 1.70. The molecule has 1 N–H and O–H groups in total. The Kier molecular flexibility index (Phi) is 5.22. The molecule has 0 saturated carbocycles. The molecule has 17 heavy (non-hydrogen) atoms. The molecular formula is C11H11BrCl2FNO. The Morgan fingerprint density at radius 1 is 1.47 bits per heavy atom. The highest BCUT2D eigenvalue weighted by Crippen LogP contribution is 2.17. The van der Waals surface area contributed by atoms with Gasteiger partial charge in [-0.15, -0.1) is 23.2 Å². The van der Waals surface area contributed by atoms with Gasteiger partial charge in [-0.3, -0.25) is 4.79 Å². The van der Waals surface area contributed by atoms with E-state index in [9.17, 15) is 9.18 Å². The molecule has 1 aromatic carbocycles. The minimum absolute atomic E-state index is 0.0327. The number of halogens is 4. The summed E-state index contributed by atoms with van der Waals surface area (Å²) in [5.74, 6) is -0.817. The topological polar surface area (TPSA) is 29.1 Å². The first-order chi connectivity index (χ1) is 7.91. The van der Waals surface area contributed by atoms with Gasteiger partial charge in [-0.2, -0.15) is 0 Å². The van der Waals surface area contributed by atoms with E-state index in [1.54, 1.807) is 13.0 Å². The van der Waals surface area contributed by atoms with Crippen molar-refractivity contribution in [3.05, 3.63) is 34.1 Å². The molecule has 0 aliphatic rings. The van der Waals surface area contributed by atoms with Gasteiger partial charge >= 0.3 is 0 Å². The largest absolute Gasteiger partial charge is 0.344 e. The van der Waals surface area contributed by atoms with Gasteiger partial charge in [0.2, 0.25) is 0 Å². The van der Waals surface area contributed by atoms with Gasteiger partial charge in [0.1, 0.15) is 5.82 Å². The Morgan fingerprint density at radius 2 is 2.06 bits per heavy atom. The van der Waals surface area contributed by atoms with Crippen LogP contribution in [0, 0.1) is 5.82 Å². The van der Waals surface area contributed by atoms with Gasteiger partial charge in [0.25, 0.3) is 5.91 Å². The minimum atomic E-state index is -0.750. The number of rotatable bonds is 4. The molecule has 0 heterocycles. The molecule has 0 fully saturated rings. The lowest BCUT2D eigenvalue weighted by Gasteiger charge is -2.25. The van der Waals surface area contributed by atoms with Crippen LogP contribution in [0.15, 0.2) is 22.7 Å². The minimum Gasteiger partial charge on any atom is -0.344 e. The average Bonchev–Trinajstić information content (AvgIpc) is 2.28. The van der Waals surface area contributed by atoms with Crippen LogP contribution in [0.4, 0.5) is 4.39 Å². The van der Waals surface area contributed by atoms with E-state index in [2.05, 4.69) is 21.2 Å². The van der Waals surface area contributed by atoms with E-state index < -0.39 is 17.3 Å². The fourth-order valence-corrected chi connectivity index (χ4v) is 1.87. The predicted octanol–water partition coefficient (Wildman–Crippen LogP) is 3.55. The van der Waals surface area contributed by atoms with Crippen LogP contribution in [-0.4, -0.2) is 23.2 Å². The van der Waals surface area contributed by atoms with Crippen molar-refractivity contribution in [1.29, 1.82) is 0 Å². The number of carbonyl (C=O) groups is 1. The number of hydrogen-bond acceptors (Lipinski definition) is 1. The zero-order valence-electron chi connectivity index (χ0n) is 9.07. The van der Waals surface area contributed by atoms with Crippen LogP contribution in [0.25, 0.3) is 0 Å². The highest BCUT2D eigenvalue weighted by atomic mass is 79.9. The van der Waals surface area contributed by atoms with Crippen molar-refractivity contribution >= 4 is 45.0 Å². The molecule has 0 aromatic heterocycles. The predicted molar refractivity (Wildman–Crippen MR) is 71.4 cm³/mol. The summed E-state index contributed by atoms with van der Waals surface area (Å²) in [4.78, 5) is 11.8. The van der Waals surface area contributed by atoms with Crippen molar-refractivity contribution in [2.75, 3.05) is 11.8 Å². The maximum Gasteiger partial charge on any atom is 0.254 e. The van der Waals surface area contributed by atoms with Gasteiger partial charge in [0, 0.05) is 16.2 Å². The molecule has 0 aliphatic carbocycles. The van der Waals surface area contributed by atoms with E-state index in [4.69, 9.17) is 23.2 Å². The lowest BCUT2D eigenvalue weighted by molar-refractivity contribution is 0.0917. The van der Waals surface area contributed by atoms with Gasteiger partial charge in [-0.25, -0.2) is 4.39 Å². The maximum atomic E-state index is 13.5. The lowest BCUT2D eigenvalue weighted by Crippen LogP contribution is -2.49. The second-order valence-corrected chi connectivity index (χ2v) is 5.36. The van der Waals surface area contributed by atoms with Gasteiger partial charge in [-0.1, -0.05) is 15.9 Å². The van der Waals surface area contributed by atoms with Crippen molar-refractivity contribution < 1.29 is 9.18 Å². The molecular weight excluding hydrogens is 332 g/mol. The molecule has 2 nitrogen and oxygen atoms in total. The third-order valence-electron chi connectivity index (χ3n) is 2.18. The van der Waals surface area contributed by atoms with Crippen LogP contribution in [0.2, 0.25) is 0 Å². The normalized spacial score (nSPS) is 11.4. The highest BCUT2D eigenvalue weighted by Gasteiger charge is 2.26. The van der Waals surface area contributed by atoms with Crippen LogP contribution >= 0.6 is 39.1 Å². The fraction of sp³-hybridized carbons (Fsp3) is 0.364. The summed E-state index contributed by atoms with van der Waals surface area (Å²) in [6, 6.07) is 4.22. The first-order valence-electron chi connectivity index (χ1n) is 4.81. The molecule has 0 atom stereocenters.